The zero-order valence-corrected chi connectivity index (χ0v) is 24.5. The number of hydrogen-bond donors (Lipinski definition) is 0. The topological polar surface area (TPSA) is 9.23 Å². The normalized spacial score (nSPS) is 23.7. The van der Waals surface area contributed by atoms with Gasteiger partial charge in [-0.25, -0.2) is 4.39 Å². The van der Waals surface area contributed by atoms with Gasteiger partial charge >= 0.3 is 6.11 Å². The molecule has 1 nitrogen and oxygen atoms in total. The maximum atomic E-state index is 14.8. The first-order valence-corrected chi connectivity index (χ1v) is 15.9. The largest absolute Gasteiger partial charge is 0.386 e. The van der Waals surface area contributed by atoms with Gasteiger partial charge in [0.2, 0.25) is 0 Å². The average Bonchev–Trinajstić information content (AvgIpc) is 2.97. The summed E-state index contributed by atoms with van der Waals surface area (Å²) in [5.41, 5.74) is 2.45. The third kappa shape index (κ3) is 8.71. The SMILES string of the molecule is C=CC1CCC(c2ccc(C(F)(F)OCCc3ccc(C4CCC(CCCCCCC)CC4)cc3)c(F)c2)CC1. The Hall–Kier alpha value is -2.07. The Morgan fingerprint density at radius 1 is 0.825 bits per heavy atom. The van der Waals surface area contributed by atoms with Gasteiger partial charge in [0.25, 0.3) is 0 Å². The van der Waals surface area contributed by atoms with Crippen molar-refractivity contribution in [3.8, 4) is 0 Å². The van der Waals surface area contributed by atoms with Crippen molar-refractivity contribution in [1.29, 1.82) is 0 Å². The molecule has 0 saturated heterocycles. The molecule has 0 amide bonds. The van der Waals surface area contributed by atoms with Crippen molar-refractivity contribution in [2.45, 2.75) is 121 Å². The van der Waals surface area contributed by atoms with E-state index >= 15 is 0 Å². The molecular weight excluding hydrogens is 505 g/mol. The maximum absolute atomic E-state index is 14.8. The van der Waals surface area contributed by atoms with Crippen molar-refractivity contribution in [1.82, 2.24) is 0 Å². The number of benzene rings is 2. The molecule has 40 heavy (non-hydrogen) atoms. The molecule has 0 aromatic heterocycles. The lowest BCUT2D eigenvalue weighted by atomic mass is 9.77. The van der Waals surface area contributed by atoms with E-state index in [1.807, 2.05) is 18.2 Å². The van der Waals surface area contributed by atoms with E-state index in [1.165, 1.54) is 81.9 Å². The summed E-state index contributed by atoms with van der Waals surface area (Å²) in [6.07, 6.45) is 15.9. The lowest BCUT2D eigenvalue weighted by Gasteiger charge is -2.29. The highest BCUT2D eigenvalue weighted by atomic mass is 19.3. The lowest BCUT2D eigenvalue weighted by molar-refractivity contribution is -0.249. The molecule has 0 spiro atoms. The second-order valence-corrected chi connectivity index (χ2v) is 12.4. The summed E-state index contributed by atoms with van der Waals surface area (Å²) in [7, 11) is 0. The second-order valence-electron chi connectivity index (χ2n) is 12.4. The van der Waals surface area contributed by atoms with Crippen LogP contribution in [0.15, 0.2) is 55.1 Å². The molecule has 2 saturated carbocycles. The summed E-state index contributed by atoms with van der Waals surface area (Å²) in [6, 6.07) is 12.5. The van der Waals surface area contributed by atoms with Crippen molar-refractivity contribution < 1.29 is 17.9 Å². The molecule has 4 heteroatoms. The standard InChI is InChI=1S/C36H49F3O/c1-3-5-6-7-8-9-28-12-18-30(19-13-28)31-20-14-29(15-21-31)24-25-40-36(38,39)34-23-22-33(26-35(34)37)32-16-10-27(4-2)11-17-32/h4,14-15,20-23,26-28,30,32H,2-3,5-13,16-19,24-25H2,1H3. The summed E-state index contributed by atoms with van der Waals surface area (Å²) in [5, 5.41) is 0. The van der Waals surface area contributed by atoms with E-state index in [0.717, 1.165) is 42.7 Å². The van der Waals surface area contributed by atoms with Gasteiger partial charge in [-0.3, -0.25) is 0 Å². The molecule has 0 N–H and O–H groups in total. The van der Waals surface area contributed by atoms with Gasteiger partial charge in [-0.1, -0.05) is 81.9 Å². The molecule has 0 aliphatic heterocycles. The summed E-state index contributed by atoms with van der Waals surface area (Å²) in [5.74, 6) is 1.32. The minimum Gasteiger partial charge on any atom is -0.316 e. The molecule has 2 aliphatic carbocycles. The molecule has 4 rings (SSSR count). The maximum Gasteiger partial charge on any atom is 0.386 e. The van der Waals surface area contributed by atoms with Crippen LogP contribution in [0.5, 0.6) is 0 Å². The van der Waals surface area contributed by atoms with Crippen molar-refractivity contribution in [3.63, 3.8) is 0 Å². The van der Waals surface area contributed by atoms with Gasteiger partial charge in [0, 0.05) is 0 Å². The van der Waals surface area contributed by atoms with Gasteiger partial charge in [0.05, 0.1) is 12.2 Å². The minimum absolute atomic E-state index is 0.164. The van der Waals surface area contributed by atoms with Crippen LogP contribution in [0.1, 0.15) is 131 Å². The molecule has 0 bridgehead atoms. The van der Waals surface area contributed by atoms with Crippen LogP contribution in [0, 0.1) is 17.7 Å². The fourth-order valence-corrected chi connectivity index (χ4v) is 6.86. The predicted octanol–water partition coefficient (Wildman–Crippen LogP) is 11.2. The first-order chi connectivity index (χ1) is 19.4. The van der Waals surface area contributed by atoms with Gasteiger partial charge in [-0.2, -0.15) is 8.78 Å². The van der Waals surface area contributed by atoms with E-state index in [0.29, 0.717) is 18.3 Å². The van der Waals surface area contributed by atoms with Crippen molar-refractivity contribution in [2.24, 2.45) is 11.8 Å². The molecule has 0 atom stereocenters. The number of hydrogen-bond acceptors (Lipinski definition) is 1. The molecular formula is C36H49F3O. The van der Waals surface area contributed by atoms with Crippen LogP contribution in [0.3, 0.4) is 0 Å². The van der Waals surface area contributed by atoms with Crippen LogP contribution in [-0.2, 0) is 17.3 Å². The van der Waals surface area contributed by atoms with Gasteiger partial charge < -0.3 is 4.74 Å². The van der Waals surface area contributed by atoms with Gasteiger partial charge in [0.15, 0.2) is 0 Å². The molecule has 0 heterocycles. The highest BCUT2D eigenvalue weighted by molar-refractivity contribution is 5.30. The van der Waals surface area contributed by atoms with Crippen LogP contribution < -0.4 is 0 Å². The average molecular weight is 555 g/mol. The molecule has 2 aliphatic rings. The minimum atomic E-state index is -3.66. The Morgan fingerprint density at radius 2 is 1.45 bits per heavy atom. The monoisotopic (exact) mass is 554 g/mol. The molecule has 0 unspecified atom stereocenters. The van der Waals surface area contributed by atoms with E-state index in [9.17, 15) is 13.2 Å². The predicted molar refractivity (Wildman–Crippen MR) is 159 cm³/mol. The molecule has 2 fully saturated rings. The van der Waals surface area contributed by atoms with E-state index in [1.54, 1.807) is 6.07 Å². The third-order valence-corrected chi connectivity index (χ3v) is 9.57. The smallest absolute Gasteiger partial charge is 0.316 e. The summed E-state index contributed by atoms with van der Waals surface area (Å²) in [4.78, 5) is 0. The Morgan fingerprint density at radius 3 is 2.10 bits per heavy atom. The molecule has 2 aromatic rings. The number of rotatable bonds is 14. The van der Waals surface area contributed by atoms with E-state index < -0.39 is 17.5 Å². The highest BCUT2D eigenvalue weighted by Crippen LogP contribution is 2.40. The Balaban J connectivity index is 1.20. The van der Waals surface area contributed by atoms with Crippen molar-refractivity contribution in [2.75, 3.05) is 6.61 Å². The summed E-state index contributed by atoms with van der Waals surface area (Å²) >= 11 is 0. The Bertz CT molecular complexity index is 1030. The van der Waals surface area contributed by atoms with E-state index in [2.05, 4.69) is 25.6 Å². The van der Waals surface area contributed by atoms with Crippen molar-refractivity contribution >= 4 is 0 Å². The van der Waals surface area contributed by atoms with Crippen LogP contribution in [-0.4, -0.2) is 6.61 Å². The molecule has 0 radical (unpaired) electrons. The molecule has 220 valence electrons. The quantitative estimate of drug-likeness (QED) is 0.167. The fourth-order valence-electron chi connectivity index (χ4n) is 6.86. The van der Waals surface area contributed by atoms with Gasteiger partial charge in [-0.15, -0.1) is 6.58 Å². The zero-order valence-electron chi connectivity index (χ0n) is 24.5. The summed E-state index contributed by atoms with van der Waals surface area (Å²) < 4.78 is 49.3. The first kappa shape index (κ1) is 30.9. The fraction of sp³-hybridized carbons (Fsp3) is 0.611. The number of unbranched alkanes of at least 4 members (excludes halogenated alkanes) is 4. The highest BCUT2D eigenvalue weighted by Gasteiger charge is 2.36. The van der Waals surface area contributed by atoms with Gasteiger partial charge in [-0.05, 0) is 110 Å². The van der Waals surface area contributed by atoms with Crippen LogP contribution in [0.2, 0.25) is 0 Å². The number of alkyl halides is 2. The number of halogens is 3. The Labute approximate surface area is 240 Å². The second kappa shape index (κ2) is 15.2. The van der Waals surface area contributed by atoms with Crippen LogP contribution >= 0.6 is 0 Å². The lowest BCUT2D eigenvalue weighted by Crippen LogP contribution is -2.22. The van der Waals surface area contributed by atoms with Crippen LogP contribution in [0.25, 0.3) is 0 Å². The molecule has 2 aromatic carbocycles. The van der Waals surface area contributed by atoms with E-state index in [4.69, 9.17) is 4.74 Å². The van der Waals surface area contributed by atoms with Gasteiger partial charge in [0.1, 0.15) is 5.82 Å². The number of ether oxygens (including phenoxy) is 1. The van der Waals surface area contributed by atoms with Crippen molar-refractivity contribution in [3.05, 3.63) is 83.2 Å². The summed E-state index contributed by atoms with van der Waals surface area (Å²) in [6.45, 7) is 5.96. The zero-order chi connectivity index (χ0) is 28.4. The van der Waals surface area contributed by atoms with Crippen LogP contribution in [0.4, 0.5) is 13.2 Å². The third-order valence-electron chi connectivity index (χ3n) is 9.57. The Kier molecular flexibility index (Phi) is 11.8. The van der Waals surface area contributed by atoms with E-state index in [-0.39, 0.29) is 12.5 Å². The number of allylic oxidation sites excluding steroid dienone is 1. The first-order valence-electron chi connectivity index (χ1n) is 15.9.